The van der Waals surface area contributed by atoms with Crippen LogP contribution < -0.4 is 5.32 Å². The first-order valence-electron chi connectivity index (χ1n) is 4.06. The maximum atomic E-state index is 8.91. The number of aliphatic hydroxyl groups is 1. The van der Waals surface area contributed by atoms with E-state index >= 15 is 0 Å². The molecule has 0 unspecified atom stereocenters. The summed E-state index contributed by atoms with van der Waals surface area (Å²) in [7, 11) is 0. The molecule has 1 heterocycles. The van der Waals surface area contributed by atoms with Gasteiger partial charge in [0.2, 0.25) is 0 Å². The molecule has 1 atom stereocenters. The second-order valence-electron chi connectivity index (χ2n) is 2.71. The fourth-order valence-electron chi connectivity index (χ4n) is 0.873. The monoisotopic (exact) mass is 186 g/mol. The number of aromatic nitrogens is 1. The van der Waals surface area contributed by atoms with Gasteiger partial charge in [-0.2, -0.15) is 0 Å². The van der Waals surface area contributed by atoms with Gasteiger partial charge in [-0.1, -0.05) is 6.92 Å². The van der Waals surface area contributed by atoms with Crippen LogP contribution in [0.5, 0.6) is 0 Å². The number of aryl methyl sites for hydroxylation is 1. The average Bonchev–Trinajstić information content (AvgIpc) is 2.47. The number of rotatable bonds is 4. The molecule has 0 aliphatic carbocycles. The van der Waals surface area contributed by atoms with Crippen molar-refractivity contribution in [3.05, 3.63) is 11.1 Å². The van der Waals surface area contributed by atoms with Gasteiger partial charge in [0.05, 0.1) is 12.6 Å². The summed E-state index contributed by atoms with van der Waals surface area (Å²) in [4.78, 5) is 5.33. The first-order chi connectivity index (χ1) is 5.76. The van der Waals surface area contributed by atoms with E-state index in [0.29, 0.717) is 0 Å². The van der Waals surface area contributed by atoms with Crippen LogP contribution in [0.25, 0.3) is 0 Å². The predicted octanol–water partition coefficient (Wildman–Crippen LogP) is 1.63. The molecule has 3 nitrogen and oxygen atoms in total. The third-order valence-electron chi connectivity index (χ3n) is 1.66. The van der Waals surface area contributed by atoms with E-state index in [1.807, 2.05) is 20.0 Å². The molecule has 0 amide bonds. The molecule has 0 radical (unpaired) electrons. The van der Waals surface area contributed by atoms with Crippen molar-refractivity contribution in [1.29, 1.82) is 0 Å². The van der Waals surface area contributed by atoms with Crippen molar-refractivity contribution < 1.29 is 5.11 Å². The third-order valence-corrected chi connectivity index (χ3v) is 2.51. The molecule has 1 aromatic rings. The van der Waals surface area contributed by atoms with E-state index in [1.54, 1.807) is 11.3 Å². The van der Waals surface area contributed by atoms with Crippen LogP contribution in [0.4, 0.5) is 5.13 Å². The molecule has 0 saturated carbocycles. The maximum Gasteiger partial charge on any atom is 0.183 e. The van der Waals surface area contributed by atoms with Crippen LogP contribution in [-0.4, -0.2) is 22.7 Å². The molecular formula is C8H14N2OS. The highest BCUT2D eigenvalue weighted by Gasteiger charge is 2.05. The summed E-state index contributed by atoms with van der Waals surface area (Å²) in [5, 5.41) is 13.0. The molecule has 0 fully saturated rings. The molecule has 0 aliphatic rings. The Hall–Kier alpha value is -0.610. The fraction of sp³-hybridized carbons (Fsp3) is 0.625. The summed E-state index contributed by atoms with van der Waals surface area (Å²) in [6.07, 6.45) is 2.74. The van der Waals surface area contributed by atoms with Crippen molar-refractivity contribution in [2.24, 2.45) is 0 Å². The minimum absolute atomic E-state index is 0.135. The van der Waals surface area contributed by atoms with Gasteiger partial charge < -0.3 is 10.4 Å². The smallest absolute Gasteiger partial charge is 0.183 e. The molecule has 0 spiro atoms. The quantitative estimate of drug-likeness (QED) is 0.751. The van der Waals surface area contributed by atoms with Crippen LogP contribution in [0, 0.1) is 6.92 Å². The SMILES string of the molecule is CC[C@@H](CO)Nc1ncc(C)s1. The summed E-state index contributed by atoms with van der Waals surface area (Å²) < 4.78 is 0. The summed E-state index contributed by atoms with van der Waals surface area (Å²) in [6, 6.07) is 0.135. The van der Waals surface area contributed by atoms with E-state index < -0.39 is 0 Å². The van der Waals surface area contributed by atoms with E-state index in [9.17, 15) is 0 Å². The van der Waals surface area contributed by atoms with Gasteiger partial charge in [0.1, 0.15) is 0 Å². The molecule has 0 aromatic carbocycles. The zero-order chi connectivity index (χ0) is 8.97. The first kappa shape index (κ1) is 9.48. The fourth-order valence-corrected chi connectivity index (χ4v) is 1.61. The zero-order valence-corrected chi connectivity index (χ0v) is 8.19. The Bertz CT molecular complexity index is 233. The summed E-state index contributed by atoms with van der Waals surface area (Å²) in [5.41, 5.74) is 0. The van der Waals surface area contributed by atoms with Gasteiger partial charge in [-0.15, -0.1) is 11.3 Å². The molecule has 1 aromatic heterocycles. The van der Waals surface area contributed by atoms with Crippen LogP contribution >= 0.6 is 11.3 Å². The Morgan fingerprint density at radius 1 is 1.75 bits per heavy atom. The van der Waals surface area contributed by atoms with Crippen LogP contribution in [-0.2, 0) is 0 Å². The topological polar surface area (TPSA) is 45.1 Å². The van der Waals surface area contributed by atoms with Crippen LogP contribution in [0.1, 0.15) is 18.2 Å². The largest absolute Gasteiger partial charge is 0.394 e. The van der Waals surface area contributed by atoms with Crippen LogP contribution in [0.15, 0.2) is 6.20 Å². The minimum Gasteiger partial charge on any atom is -0.394 e. The highest BCUT2D eigenvalue weighted by molar-refractivity contribution is 7.15. The molecule has 0 bridgehead atoms. The van der Waals surface area contributed by atoms with E-state index in [2.05, 4.69) is 10.3 Å². The molecular weight excluding hydrogens is 172 g/mol. The predicted molar refractivity (Wildman–Crippen MR) is 51.6 cm³/mol. The van der Waals surface area contributed by atoms with E-state index in [4.69, 9.17) is 5.11 Å². The van der Waals surface area contributed by atoms with Gasteiger partial charge in [0.15, 0.2) is 5.13 Å². The Labute approximate surface area is 76.5 Å². The molecule has 0 aliphatic heterocycles. The van der Waals surface area contributed by atoms with Gasteiger partial charge >= 0.3 is 0 Å². The third kappa shape index (κ3) is 2.46. The zero-order valence-electron chi connectivity index (χ0n) is 7.37. The van der Waals surface area contributed by atoms with Gasteiger partial charge in [-0.3, -0.25) is 0 Å². The Morgan fingerprint density at radius 3 is 2.92 bits per heavy atom. The van der Waals surface area contributed by atoms with Crippen molar-refractivity contribution >= 4 is 16.5 Å². The number of thiazole rings is 1. The second kappa shape index (κ2) is 4.42. The lowest BCUT2D eigenvalue weighted by atomic mass is 10.2. The van der Waals surface area contributed by atoms with Crippen LogP contribution in [0.2, 0.25) is 0 Å². The van der Waals surface area contributed by atoms with Crippen molar-refractivity contribution in [2.45, 2.75) is 26.3 Å². The Morgan fingerprint density at radius 2 is 2.50 bits per heavy atom. The minimum atomic E-state index is 0.135. The number of nitrogens with one attached hydrogen (secondary N) is 1. The summed E-state index contributed by atoms with van der Waals surface area (Å²) in [6.45, 7) is 4.21. The van der Waals surface area contributed by atoms with Crippen LogP contribution in [0.3, 0.4) is 0 Å². The standard InChI is InChI=1S/C8H14N2OS/c1-3-7(5-11)10-8-9-4-6(2)12-8/h4,7,11H,3,5H2,1-2H3,(H,9,10)/t7-/m0/s1. The van der Waals surface area contributed by atoms with Crippen molar-refractivity contribution in [3.63, 3.8) is 0 Å². The lowest BCUT2D eigenvalue weighted by Crippen LogP contribution is -2.22. The van der Waals surface area contributed by atoms with Crippen molar-refractivity contribution in [2.75, 3.05) is 11.9 Å². The summed E-state index contributed by atoms with van der Waals surface area (Å²) >= 11 is 1.61. The molecule has 2 N–H and O–H groups in total. The van der Waals surface area contributed by atoms with Gasteiger partial charge in [-0.25, -0.2) is 4.98 Å². The number of aliphatic hydroxyl groups excluding tert-OH is 1. The number of anilines is 1. The van der Waals surface area contributed by atoms with Gasteiger partial charge in [0.25, 0.3) is 0 Å². The van der Waals surface area contributed by atoms with Gasteiger partial charge in [-0.05, 0) is 13.3 Å². The summed E-state index contributed by atoms with van der Waals surface area (Å²) in [5.74, 6) is 0. The second-order valence-corrected chi connectivity index (χ2v) is 3.94. The van der Waals surface area contributed by atoms with E-state index in [1.165, 1.54) is 4.88 Å². The number of nitrogens with zero attached hydrogens (tertiary/aromatic N) is 1. The highest BCUT2D eigenvalue weighted by Crippen LogP contribution is 2.17. The Kier molecular flexibility index (Phi) is 3.49. The van der Waals surface area contributed by atoms with Crippen molar-refractivity contribution in [3.8, 4) is 0 Å². The number of hydrogen-bond acceptors (Lipinski definition) is 4. The number of hydrogen-bond donors (Lipinski definition) is 2. The van der Waals surface area contributed by atoms with Gasteiger partial charge in [0, 0.05) is 11.1 Å². The normalized spacial score (nSPS) is 12.9. The van der Waals surface area contributed by atoms with E-state index in [0.717, 1.165) is 11.6 Å². The van der Waals surface area contributed by atoms with Crippen molar-refractivity contribution in [1.82, 2.24) is 4.98 Å². The first-order valence-corrected chi connectivity index (χ1v) is 4.87. The lowest BCUT2D eigenvalue weighted by Gasteiger charge is -2.11. The molecule has 0 saturated heterocycles. The van der Waals surface area contributed by atoms with E-state index in [-0.39, 0.29) is 12.6 Å². The average molecular weight is 186 g/mol. The molecule has 1 rings (SSSR count). The molecule has 4 heteroatoms. The molecule has 68 valence electrons. The maximum absolute atomic E-state index is 8.91. The lowest BCUT2D eigenvalue weighted by molar-refractivity contribution is 0.272. The molecule has 12 heavy (non-hydrogen) atoms. The highest BCUT2D eigenvalue weighted by atomic mass is 32.1. The Balaban J connectivity index is 2.50.